The number of nitrogens with one attached hydrogen (secondary N) is 1. The summed E-state index contributed by atoms with van der Waals surface area (Å²) in [6, 6.07) is 12.7. The van der Waals surface area contributed by atoms with Gasteiger partial charge < -0.3 is 9.64 Å². The molecule has 1 amide bonds. The lowest BCUT2D eigenvalue weighted by molar-refractivity contribution is -0.134. The molecular weight excluding hydrogens is 376 g/mol. The number of morpholine rings is 1. The molecule has 0 bridgehead atoms. The molecule has 138 valence electrons. The highest BCUT2D eigenvalue weighted by molar-refractivity contribution is 7.92. The maximum absolute atomic E-state index is 12.4. The molecule has 2 aromatic rings. The van der Waals surface area contributed by atoms with Crippen LogP contribution in [0.1, 0.15) is 5.56 Å². The summed E-state index contributed by atoms with van der Waals surface area (Å²) >= 11 is 5.78. The molecule has 3 rings (SSSR count). The molecule has 1 aliphatic rings. The molecule has 1 fully saturated rings. The van der Waals surface area contributed by atoms with Crippen molar-refractivity contribution in [2.75, 3.05) is 31.0 Å². The van der Waals surface area contributed by atoms with Crippen LogP contribution in [0.3, 0.4) is 0 Å². The van der Waals surface area contributed by atoms with Gasteiger partial charge in [0.1, 0.15) is 0 Å². The van der Waals surface area contributed by atoms with E-state index < -0.39 is 10.0 Å². The summed E-state index contributed by atoms with van der Waals surface area (Å²) in [5, 5.41) is 0.471. The second kappa shape index (κ2) is 8.07. The summed E-state index contributed by atoms with van der Waals surface area (Å²) in [6.45, 7) is 2.35. The Morgan fingerprint density at radius 1 is 1.04 bits per heavy atom. The van der Waals surface area contributed by atoms with E-state index in [-0.39, 0.29) is 17.2 Å². The van der Waals surface area contributed by atoms with Crippen molar-refractivity contribution in [2.45, 2.75) is 11.3 Å². The van der Waals surface area contributed by atoms with Gasteiger partial charge in [0.05, 0.1) is 24.5 Å². The molecule has 26 heavy (non-hydrogen) atoms. The van der Waals surface area contributed by atoms with Crippen molar-refractivity contribution in [3.63, 3.8) is 0 Å². The SMILES string of the molecule is O=C(Cc1ccc(NS(=O)(=O)c2ccc(Cl)cc2)cc1)N1CCOCC1. The maximum atomic E-state index is 12.4. The van der Waals surface area contributed by atoms with Crippen LogP contribution in [0.4, 0.5) is 5.69 Å². The number of benzene rings is 2. The topological polar surface area (TPSA) is 75.7 Å². The van der Waals surface area contributed by atoms with Crippen molar-refractivity contribution in [1.29, 1.82) is 0 Å². The Labute approximate surface area is 157 Å². The first-order valence-electron chi connectivity index (χ1n) is 8.17. The standard InChI is InChI=1S/C18H19ClN2O4S/c19-15-3-7-17(8-4-15)26(23,24)20-16-5-1-14(2-6-16)13-18(22)21-9-11-25-12-10-21/h1-8,20H,9-13H2. The van der Waals surface area contributed by atoms with Gasteiger partial charge >= 0.3 is 0 Å². The number of halogens is 1. The molecule has 0 aliphatic carbocycles. The van der Waals surface area contributed by atoms with Crippen LogP contribution in [-0.4, -0.2) is 45.5 Å². The number of carbonyl (C=O) groups excluding carboxylic acids is 1. The van der Waals surface area contributed by atoms with E-state index in [0.717, 1.165) is 5.56 Å². The number of nitrogens with zero attached hydrogens (tertiary/aromatic N) is 1. The second-order valence-corrected chi connectivity index (χ2v) is 8.05. The number of anilines is 1. The van der Waals surface area contributed by atoms with Gasteiger partial charge in [-0.1, -0.05) is 23.7 Å². The van der Waals surface area contributed by atoms with Crippen LogP contribution in [0.15, 0.2) is 53.4 Å². The lowest BCUT2D eigenvalue weighted by Crippen LogP contribution is -2.41. The Balaban J connectivity index is 1.63. The fraction of sp³-hybridized carbons (Fsp3) is 0.278. The number of sulfonamides is 1. The second-order valence-electron chi connectivity index (χ2n) is 5.93. The third-order valence-corrected chi connectivity index (χ3v) is 5.70. The summed E-state index contributed by atoms with van der Waals surface area (Å²) in [7, 11) is -3.68. The Kier molecular flexibility index (Phi) is 5.80. The van der Waals surface area contributed by atoms with Crippen molar-refractivity contribution in [3.8, 4) is 0 Å². The first kappa shape index (κ1) is 18.7. The third-order valence-electron chi connectivity index (χ3n) is 4.05. The molecule has 6 nitrogen and oxygen atoms in total. The molecule has 0 unspecified atom stereocenters. The molecule has 2 aromatic carbocycles. The monoisotopic (exact) mass is 394 g/mol. The molecule has 0 saturated carbocycles. The lowest BCUT2D eigenvalue weighted by atomic mass is 10.1. The average Bonchev–Trinajstić information content (AvgIpc) is 2.64. The number of hydrogen-bond acceptors (Lipinski definition) is 4. The van der Waals surface area contributed by atoms with Gasteiger partial charge in [0.15, 0.2) is 0 Å². The van der Waals surface area contributed by atoms with Crippen LogP contribution in [0.25, 0.3) is 0 Å². The molecule has 1 aliphatic heterocycles. The largest absolute Gasteiger partial charge is 0.378 e. The molecule has 1 heterocycles. The number of amides is 1. The molecule has 1 saturated heterocycles. The minimum Gasteiger partial charge on any atom is -0.378 e. The molecule has 0 aromatic heterocycles. The van der Waals surface area contributed by atoms with Crippen LogP contribution in [0.5, 0.6) is 0 Å². The van der Waals surface area contributed by atoms with Crippen LogP contribution in [0, 0.1) is 0 Å². The molecule has 1 N–H and O–H groups in total. The van der Waals surface area contributed by atoms with Crippen LogP contribution >= 0.6 is 11.6 Å². The van der Waals surface area contributed by atoms with Crippen molar-refractivity contribution in [2.24, 2.45) is 0 Å². The highest BCUT2D eigenvalue weighted by Gasteiger charge is 2.17. The van der Waals surface area contributed by atoms with Gasteiger partial charge in [-0.25, -0.2) is 8.42 Å². The predicted molar refractivity (Wildman–Crippen MR) is 99.8 cm³/mol. The fourth-order valence-electron chi connectivity index (χ4n) is 2.62. The number of rotatable bonds is 5. The van der Waals surface area contributed by atoms with E-state index in [1.54, 1.807) is 29.2 Å². The van der Waals surface area contributed by atoms with Gasteiger partial charge in [-0.15, -0.1) is 0 Å². The number of hydrogen-bond donors (Lipinski definition) is 1. The van der Waals surface area contributed by atoms with E-state index in [4.69, 9.17) is 16.3 Å². The molecule has 0 spiro atoms. The minimum absolute atomic E-state index is 0.0443. The van der Waals surface area contributed by atoms with Gasteiger partial charge in [0.2, 0.25) is 5.91 Å². The summed E-state index contributed by atoms with van der Waals surface area (Å²) < 4.78 is 32.5. The summed E-state index contributed by atoms with van der Waals surface area (Å²) in [4.78, 5) is 14.2. The molecule has 0 atom stereocenters. The Morgan fingerprint density at radius 3 is 2.27 bits per heavy atom. The first-order chi connectivity index (χ1) is 12.4. The lowest BCUT2D eigenvalue weighted by Gasteiger charge is -2.26. The predicted octanol–water partition coefficient (Wildman–Crippen LogP) is 2.54. The highest BCUT2D eigenvalue weighted by atomic mass is 35.5. The quantitative estimate of drug-likeness (QED) is 0.845. The van der Waals surface area contributed by atoms with Gasteiger partial charge in [-0.3, -0.25) is 9.52 Å². The van der Waals surface area contributed by atoms with E-state index in [1.165, 1.54) is 24.3 Å². The Hall–Kier alpha value is -2.09. The van der Waals surface area contributed by atoms with Crippen molar-refractivity contribution in [3.05, 3.63) is 59.1 Å². The fourth-order valence-corrected chi connectivity index (χ4v) is 3.80. The van der Waals surface area contributed by atoms with Crippen molar-refractivity contribution in [1.82, 2.24) is 4.90 Å². The average molecular weight is 395 g/mol. The molecule has 8 heteroatoms. The zero-order chi connectivity index (χ0) is 18.6. The first-order valence-corrected chi connectivity index (χ1v) is 10.0. The third kappa shape index (κ3) is 4.75. The zero-order valence-electron chi connectivity index (χ0n) is 14.0. The van der Waals surface area contributed by atoms with Crippen LogP contribution < -0.4 is 4.72 Å². The molecule has 0 radical (unpaired) electrons. The van der Waals surface area contributed by atoms with E-state index in [0.29, 0.717) is 37.0 Å². The Morgan fingerprint density at radius 2 is 1.65 bits per heavy atom. The van der Waals surface area contributed by atoms with E-state index >= 15 is 0 Å². The van der Waals surface area contributed by atoms with E-state index in [9.17, 15) is 13.2 Å². The summed E-state index contributed by atoms with van der Waals surface area (Å²) in [5.41, 5.74) is 1.26. The normalized spacial score (nSPS) is 14.9. The van der Waals surface area contributed by atoms with Crippen molar-refractivity contribution >= 4 is 33.2 Å². The summed E-state index contributed by atoms with van der Waals surface area (Å²) in [5.74, 6) is 0.0443. The van der Waals surface area contributed by atoms with Gasteiger partial charge in [-0.05, 0) is 42.0 Å². The van der Waals surface area contributed by atoms with Gasteiger partial charge in [-0.2, -0.15) is 0 Å². The van der Waals surface area contributed by atoms with Crippen LogP contribution in [0.2, 0.25) is 5.02 Å². The van der Waals surface area contributed by atoms with Gasteiger partial charge in [0.25, 0.3) is 10.0 Å². The Bertz CT molecular complexity index is 861. The zero-order valence-corrected chi connectivity index (χ0v) is 15.6. The van der Waals surface area contributed by atoms with Crippen molar-refractivity contribution < 1.29 is 17.9 Å². The number of carbonyl (C=O) groups is 1. The highest BCUT2D eigenvalue weighted by Crippen LogP contribution is 2.19. The number of ether oxygens (including phenoxy) is 1. The maximum Gasteiger partial charge on any atom is 0.261 e. The van der Waals surface area contributed by atoms with Gasteiger partial charge in [0, 0.05) is 23.8 Å². The van der Waals surface area contributed by atoms with Crippen LogP contribution in [-0.2, 0) is 26.0 Å². The minimum atomic E-state index is -3.68. The summed E-state index contributed by atoms with van der Waals surface area (Å²) in [6.07, 6.45) is 0.282. The smallest absolute Gasteiger partial charge is 0.261 e. The van der Waals surface area contributed by atoms with E-state index in [2.05, 4.69) is 4.72 Å². The van der Waals surface area contributed by atoms with E-state index in [1.807, 2.05) is 0 Å². The molecular formula is C18H19ClN2O4S.